The van der Waals surface area contributed by atoms with Crippen molar-refractivity contribution in [2.45, 2.75) is 25.9 Å². The van der Waals surface area contributed by atoms with Gasteiger partial charge in [0.05, 0.1) is 18.6 Å². The Bertz CT molecular complexity index is 840. The average Bonchev–Trinajstić information content (AvgIpc) is 2.60. The highest BCUT2D eigenvalue weighted by molar-refractivity contribution is 7.99. The van der Waals surface area contributed by atoms with E-state index in [0.29, 0.717) is 21.6 Å². The Labute approximate surface area is 166 Å². The molecule has 144 valence electrons. The van der Waals surface area contributed by atoms with Crippen LogP contribution in [-0.4, -0.2) is 41.3 Å². The van der Waals surface area contributed by atoms with Crippen molar-refractivity contribution in [3.05, 3.63) is 40.2 Å². The zero-order chi connectivity index (χ0) is 20.0. The molecule has 0 spiro atoms. The number of amides is 1. The second-order valence-corrected chi connectivity index (χ2v) is 7.08. The van der Waals surface area contributed by atoms with Crippen LogP contribution in [0.5, 0.6) is 5.75 Å². The van der Waals surface area contributed by atoms with Crippen LogP contribution in [0.15, 0.2) is 23.4 Å². The van der Waals surface area contributed by atoms with E-state index in [9.17, 15) is 9.59 Å². The van der Waals surface area contributed by atoms with Crippen molar-refractivity contribution in [1.29, 1.82) is 0 Å². The number of hydrogen-bond donors (Lipinski definition) is 1. The van der Waals surface area contributed by atoms with Gasteiger partial charge in [-0.15, -0.1) is 0 Å². The first-order valence-electron chi connectivity index (χ1n) is 8.03. The molecule has 1 aromatic carbocycles. The molecule has 9 heteroatoms. The maximum atomic E-state index is 12.0. The maximum absolute atomic E-state index is 12.0. The van der Waals surface area contributed by atoms with Crippen molar-refractivity contribution >= 4 is 40.9 Å². The first-order valence-corrected chi connectivity index (χ1v) is 9.39. The number of thioether (sulfide) groups is 1. The van der Waals surface area contributed by atoms with E-state index in [4.69, 9.17) is 21.1 Å². The predicted octanol–water partition coefficient (Wildman–Crippen LogP) is 3.34. The average molecular weight is 410 g/mol. The molecule has 1 aromatic heterocycles. The normalized spacial score (nSPS) is 10.4. The summed E-state index contributed by atoms with van der Waals surface area (Å²) in [7, 11) is 1.48. The molecule has 2 rings (SSSR count). The number of aryl methyl sites for hydroxylation is 3. The second-order valence-electron chi connectivity index (χ2n) is 5.73. The topological polar surface area (TPSA) is 90.4 Å². The Morgan fingerprint density at radius 3 is 2.44 bits per heavy atom. The summed E-state index contributed by atoms with van der Waals surface area (Å²) in [6, 6.07) is 5.15. The lowest BCUT2D eigenvalue weighted by Gasteiger charge is -2.12. The fourth-order valence-corrected chi connectivity index (χ4v) is 3.09. The number of anilines is 1. The molecule has 1 amide bonds. The molecule has 0 aliphatic rings. The van der Waals surface area contributed by atoms with E-state index >= 15 is 0 Å². The largest absolute Gasteiger partial charge is 0.495 e. The summed E-state index contributed by atoms with van der Waals surface area (Å²) in [6.07, 6.45) is 0. The van der Waals surface area contributed by atoms with E-state index in [1.807, 2.05) is 26.8 Å². The molecule has 0 atom stereocenters. The number of hydrogen-bond acceptors (Lipinski definition) is 7. The minimum Gasteiger partial charge on any atom is -0.495 e. The molecule has 1 heterocycles. The molecule has 0 unspecified atom stereocenters. The molecule has 0 radical (unpaired) electrons. The Balaban J connectivity index is 1.84. The molecule has 27 heavy (non-hydrogen) atoms. The number of halogens is 1. The van der Waals surface area contributed by atoms with Crippen molar-refractivity contribution in [1.82, 2.24) is 9.97 Å². The van der Waals surface area contributed by atoms with Gasteiger partial charge in [0.2, 0.25) is 0 Å². The number of carbonyl (C=O) groups is 2. The zero-order valence-corrected chi connectivity index (χ0v) is 17.0. The number of esters is 1. The molecule has 0 fully saturated rings. The van der Waals surface area contributed by atoms with Crippen LogP contribution in [0.1, 0.15) is 17.0 Å². The summed E-state index contributed by atoms with van der Waals surface area (Å²) in [5, 5.41) is 3.67. The van der Waals surface area contributed by atoms with Crippen LogP contribution in [0.2, 0.25) is 5.02 Å². The number of benzene rings is 1. The lowest BCUT2D eigenvalue weighted by atomic mass is 10.2. The molecule has 1 N–H and O–H groups in total. The van der Waals surface area contributed by atoms with Gasteiger partial charge in [0.1, 0.15) is 5.75 Å². The summed E-state index contributed by atoms with van der Waals surface area (Å²) in [5.41, 5.74) is 2.89. The Morgan fingerprint density at radius 1 is 1.15 bits per heavy atom. The van der Waals surface area contributed by atoms with Crippen molar-refractivity contribution < 1.29 is 19.1 Å². The molecular formula is C18H20ClN3O4S. The number of aromatic nitrogens is 2. The van der Waals surface area contributed by atoms with E-state index in [1.165, 1.54) is 7.11 Å². The second kappa shape index (κ2) is 9.57. The van der Waals surface area contributed by atoms with Gasteiger partial charge in [0, 0.05) is 22.5 Å². The van der Waals surface area contributed by atoms with Crippen molar-refractivity contribution in [3.63, 3.8) is 0 Å². The lowest BCUT2D eigenvalue weighted by molar-refractivity contribution is -0.144. The van der Waals surface area contributed by atoms with Gasteiger partial charge in [0.15, 0.2) is 11.8 Å². The van der Waals surface area contributed by atoms with E-state index in [1.54, 1.807) is 12.1 Å². The van der Waals surface area contributed by atoms with Crippen molar-refractivity contribution in [2.24, 2.45) is 0 Å². The predicted molar refractivity (Wildman–Crippen MR) is 105 cm³/mol. The summed E-state index contributed by atoms with van der Waals surface area (Å²) >= 11 is 7.19. The van der Waals surface area contributed by atoms with E-state index in [0.717, 1.165) is 28.7 Å². The van der Waals surface area contributed by atoms with Crippen LogP contribution in [0.25, 0.3) is 0 Å². The van der Waals surface area contributed by atoms with Crippen LogP contribution < -0.4 is 10.1 Å². The number of nitrogens with zero attached hydrogens (tertiary/aromatic N) is 2. The summed E-state index contributed by atoms with van der Waals surface area (Å²) in [5.74, 6) is -0.569. The fraction of sp³-hybridized carbons (Fsp3) is 0.333. The third-order valence-corrected chi connectivity index (χ3v) is 4.63. The molecule has 0 saturated carbocycles. The first kappa shape index (κ1) is 21.0. The van der Waals surface area contributed by atoms with Crippen LogP contribution in [0, 0.1) is 20.8 Å². The number of methoxy groups -OCH3 is 1. The Morgan fingerprint density at radius 2 is 1.81 bits per heavy atom. The quantitative estimate of drug-likeness (QED) is 0.426. The Hall–Kier alpha value is -2.32. The standard InChI is InChI=1S/C18H20ClN3O4S/c1-10-5-14(15(25-4)7-13(10)19)22-16(23)8-26-17(24)9-27-18-20-11(2)6-12(3)21-18/h5-7H,8-9H2,1-4H3,(H,22,23). The third kappa shape index (κ3) is 6.41. The number of carbonyl (C=O) groups excluding carboxylic acids is 2. The van der Waals surface area contributed by atoms with Gasteiger partial charge in [0.25, 0.3) is 5.91 Å². The number of ether oxygens (including phenoxy) is 2. The zero-order valence-electron chi connectivity index (χ0n) is 15.5. The van der Waals surface area contributed by atoms with Crippen molar-refractivity contribution in [3.8, 4) is 5.75 Å². The smallest absolute Gasteiger partial charge is 0.316 e. The number of nitrogens with one attached hydrogen (secondary N) is 1. The van der Waals surface area contributed by atoms with Crippen LogP contribution in [0.3, 0.4) is 0 Å². The first-order chi connectivity index (χ1) is 12.8. The number of rotatable bonds is 7. The fourth-order valence-electron chi connectivity index (χ4n) is 2.19. The van der Waals surface area contributed by atoms with Crippen molar-refractivity contribution in [2.75, 3.05) is 24.8 Å². The molecular weight excluding hydrogens is 390 g/mol. The lowest BCUT2D eigenvalue weighted by Crippen LogP contribution is -2.22. The van der Waals surface area contributed by atoms with Crippen LogP contribution >= 0.6 is 23.4 Å². The van der Waals surface area contributed by atoms with Gasteiger partial charge >= 0.3 is 5.97 Å². The molecule has 0 aliphatic carbocycles. The molecule has 2 aromatic rings. The highest BCUT2D eigenvalue weighted by Gasteiger charge is 2.13. The van der Waals surface area contributed by atoms with Gasteiger partial charge in [-0.2, -0.15) is 0 Å². The molecule has 0 saturated heterocycles. The maximum Gasteiger partial charge on any atom is 0.316 e. The van der Waals surface area contributed by atoms with Gasteiger partial charge in [-0.3, -0.25) is 9.59 Å². The van der Waals surface area contributed by atoms with Crippen LogP contribution in [-0.2, 0) is 14.3 Å². The molecule has 0 aliphatic heterocycles. The SMILES string of the molecule is COc1cc(Cl)c(C)cc1NC(=O)COC(=O)CSc1nc(C)cc(C)n1. The van der Waals surface area contributed by atoms with E-state index in [-0.39, 0.29) is 5.75 Å². The van der Waals surface area contributed by atoms with Gasteiger partial charge in [-0.25, -0.2) is 9.97 Å². The molecule has 0 bridgehead atoms. The summed E-state index contributed by atoms with van der Waals surface area (Å²) < 4.78 is 10.2. The highest BCUT2D eigenvalue weighted by Crippen LogP contribution is 2.30. The van der Waals surface area contributed by atoms with E-state index in [2.05, 4.69) is 15.3 Å². The monoisotopic (exact) mass is 409 g/mol. The minimum atomic E-state index is -0.530. The molecule has 7 nitrogen and oxygen atoms in total. The third-order valence-electron chi connectivity index (χ3n) is 3.40. The Kier molecular flexibility index (Phi) is 7.44. The van der Waals surface area contributed by atoms with E-state index < -0.39 is 18.5 Å². The van der Waals surface area contributed by atoms with Crippen LogP contribution in [0.4, 0.5) is 5.69 Å². The highest BCUT2D eigenvalue weighted by atomic mass is 35.5. The minimum absolute atomic E-state index is 0.0134. The van der Waals surface area contributed by atoms with Gasteiger partial charge in [-0.05, 0) is 38.5 Å². The summed E-state index contributed by atoms with van der Waals surface area (Å²) in [4.78, 5) is 32.3. The van der Waals surface area contributed by atoms with Gasteiger partial charge < -0.3 is 14.8 Å². The van der Waals surface area contributed by atoms with Gasteiger partial charge in [-0.1, -0.05) is 23.4 Å². The summed E-state index contributed by atoms with van der Waals surface area (Å²) in [6.45, 7) is 5.12.